The Kier molecular flexibility index (Phi) is 6.63. The van der Waals surface area contributed by atoms with Crippen molar-refractivity contribution in [1.29, 1.82) is 0 Å². The molecular formula is C22H26N6OS. The van der Waals surface area contributed by atoms with Gasteiger partial charge in [-0.1, -0.05) is 11.8 Å². The number of amides is 1. The van der Waals surface area contributed by atoms with E-state index in [1.165, 1.54) is 36.7 Å². The van der Waals surface area contributed by atoms with Crippen LogP contribution in [0.15, 0.2) is 53.9 Å². The summed E-state index contributed by atoms with van der Waals surface area (Å²) in [6.07, 6.45) is 7.29. The van der Waals surface area contributed by atoms with Crippen LogP contribution in [0.3, 0.4) is 0 Å². The molecule has 3 heterocycles. The van der Waals surface area contributed by atoms with Crippen molar-refractivity contribution < 1.29 is 4.79 Å². The predicted octanol–water partition coefficient (Wildman–Crippen LogP) is 4.08. The number of rotatable bonds is 7. The Balaban J connectivity index is 1.34. The molecule has 0 saturated carbocycles. The number of pyridine rings is 1. The highest BCUT2D eigenvalue weighted by atomic mass is 32.2. The molecule has 1 amide bonds. The van der Waals surface area contributed by atoms with Gasteiger partial charge >= 0.3 is 0 Å². The molecule has 8 heteroatoms. The molecular weight excluding hydrogens is 396 g/mol. The number of benzene rings is 1. The molecule has 156 valence electrons. The molecule has 1 aromatic carbocycles. The zero-order valence-corrected chi connectivity index (χ0v) is 17.9. The third kappa shape index (κ3) is 4.81. The molecule has 0 radical (unpaired) electrons. The maximum Gasteiger partial charge on any atom is 0.234 e. The van der Waals surface area contributed by atoms with Gasteiger partial charge in [-0.25, -0.2) is 0 Å². The molecule has 1 aliphatic heterocycles. The number of carbonyl (C=O) groups is 1. The van der Waals surface area contributed by atoms with Gasteiger partial charge in [0.15, 0.2) is 11.0 Å². The number of piperidine rings is 1. The van der Waals surface area contributed by atoms with E-state index in [4.69, 9.17) is 0 Å². The highest BCUT2D eigenvalue weighted by Crippen LogP contribution is 2.24. The van der Waals surface area contributed by atoms with Crippen molar-refractivity contribution in [3.8, 4) is 11.4 Å². The monoisotopic (exact) mass is 422 g/mol. The van der Waals surface area contributed by atoms with E-state index in [0.29, 0.717) is 0 Å². The molecule has 0 spiro atoms. The largest absolute Gasteiger partial charge is 0.372 e. The van der Waals surface area contributed by atoms with Crippen LogP contribution >= 0.6 is 11.8 Å². The summed E-state index contributed by atoms with van der Waals surface area (Å²) in [5, 5.41) is 12.3. The smallest absolute Gasteiger partial charge is 0.234 e. The zero-order chi connectivity index (χ0) is 20.8. The fourth-order valence-corrected chi connectivity index (χ4v) is 4.43. The van der Waals surface area contributed by atoms with E-state index in [-0.39, 0.29) is 11.7 Å². The number of hydrogen-bond donors (Lipinski definition) is 1. The number of thioether (sulfide) groups is 1. The van der Waals surface area contributed by atoms with Gasteiger partial charge in [-0.05, 0) is 62.6 Å². The Bertz CT molecular complexity index is 967. The Morgan fingerprint density at radius 1 is 1.03 bits per heavy atom. The Labute approximate surface area is 180 Å². The Morgan fingerprint density at radius 2 is 1.77 bits per heavy atom. The van der Waals surface area contributed by atoms with Crippen molar-refractivity contribution in [1.82, 2.24) is 19.7 Å². The number of carbonyl (C=O) groups excluding carboxylic acids is 1. The quantitative estimate of drug-likeness (QED) is 0.578. The van der Waals surface area contributed by atoms with Crippen LogP contribution in [0.1, 0.15) is 26.2 Å². The molecule has 0 atom stereocenters. The highest BCUT2D eigenvalue weighted by Gasteiger charge is 2.15. The first-order valence-corrected chi connectivity index (χ1v) is 11.3. The number of hydrogen-bond acceptors (Lipinski definition) is 6. The van der Waals surface area contributed by atoms with E-state index in [1.807, 2.05) is 35.8 Å². The van der Waals surface area contributed by atoms with Crippen LogP contribution < -0.4 is 10.2 Å². The minimum Gasteiger partial charge on any atom is -0.372 e. The van der Waals surface area contributed by atoms with Gasteiger partial charge in [-0.3, -0.25) is 9.78 Å². The van der Waals surface area contributed by atoms with Crippen LogP contribution in [-0.4, -0.2) is 44.5 Å². The average molecular weight is 423 g/mol. The summed E-state index contributed by atoms with van der Waals surface area (Å²) < 4.78 is 2.01. The number of aromatic nitrogens is 4. The van der Waals surface area contributed by atoms with Gasteiger partial charge in [0.1, 0.15) is 0 Å². The van der Waals surface area contributed by atoms with Gasteiger partial charge in [-0.15, -0.1) is 10.2 Å². The van der Waals surface area contributed by atoms with Crippen molar-refractivity contribution in [3.05, 3.63) is 48.8 Å². The van der Waals surface area contributed by atoms with Crippen molar-refractivity contribution in [3.63, 3.8) is 0 Å². The molecule has 7 nitrogen and oxygen atoms in total. The molecule has 2 aromatic heterocycles. The summed E-state index contributed by atoms with van der Waals surface area (Å²) in [4.78, 5) is 18.9. The van der Waals surface area contributed by atoms with E-state index < -0.39 is 0 Å². The molecule has 0 bridgehead atoms. The first-order valence-electron chi connectivity index (χ1n) is 10.4. The molecule has 3 aromatic rings. The summed E-state index contributed by atoms with van der Waals surface area (Å²) in [6.45, 7) is 5.00. The first-order chi connectivity index (χ1) is 14.7. The van der Waals surface area contributed by atoms with Crippen LogP contribution in [0.5, 0.6) is 0 Å². The molecule has 0 aliphatic carbocycles. The lowest BCUT2D eigenvalue weighted by Crippen LogP contribution is -2.29. The second-order valence-corrected chi connectivity index (χ2v) is 8.16. The molecule has 0 unspecified atom stereocenters. The van der Waals surface area contributed by atoms with Gasteiger partial charge in [0, 0.05) is 49.0 Å². The summed E-state index contributed by atoms with van der Waals surface area (Å²) in [7, 11) is 0. The van der Waals surface area contributed by atoms with Crippen LogP contribution in [0.25, 0.3) is 11.4 Å². The summed E-state index contributed by atoms with van der Waals surface area (Å²) in [5.41, 5.74) is 3.00. The predicted molar refractivity (Wildman–Crippen MR) is 121 cm³/mol. The number of nitrogens with zero attached hydrogens (tertiary/aromatic N) is 5. The lowest BCUT2D eigenvalue weighted by molar-refractivity contribution is -0.113. The fraction of sp³-hybridized carbons (Fsp3) is 0.364. The fourth-order valence-electron chi connectivity index (χ4n) is 3.63. The van der Waals surface area contributed by atoms with E-state index in [9.17, 15) is 4.79 Å². The van der Waals surface area contributed by atoms with E-state index in [2.05, 4.69) is 37.5 Å². The van der Waals surface area contributed by atoms with E-state index in [1.54, 1.807) is 12.4 Å². The standard InChI is InChI=1S/C22H26N6OS/c1-2-28-21(17-10-12-23-13-11-17)25-26-22(28)30-16-20(29)24-18-6-8-19(9-7-18)27-14-4-3-5-15-27/h6-13H,2-5,14-16H2,1H3,(H,24,29). The second kappa shape index (κ2) is 9.75. The lowest BCUT2D eigenvalue weighted by Gasteiger charge is -2.28. The molecule has 1 N–H and O–H groups in total. The zero-order valence-electron chi connectivity index (χ0n) is 17.1. The van der Waals surface area contributed by atoms with Crippen molar-refractivity contribution in [2.24, 2.45) is 0 Å². The average Bonchev–Trinajstić information content (AvgIpc) is 3.22. The van der Waals surface area contributed by atoms with Gasteiger partial charge in [-0.2, -0.15) is 0 Å². The van der Waals surface area contributed by atoms with Gasteiger partial charge in [0.05, 0.1) is 5.75 Å². The second-order valence-electron chi connectivity index (χ2n) is 7.22. The third-order valence-electron chi connectivity index (χ3n) is 5.18. The maximum absolute atomic E-state index is 12.4. The summed E-state index contributed by atoms with van der Waals surface area (Å²) in [6, 6.07) is 11.9. The van der Waals surface area contributed by atoms with Crippen LogP contribution in [0.4, 0.5) is 11.4 Å². The Hall–Kier alpha value is -2.87. The first kappa shape index (κ1) is 20.4. The summed E-state index contributed by atoms with van der Waals surface area (Å²) in [5.74, 6) is 1.01. The maximum atomic E-state index is 12.4. The van der Waals surface area contributed by atoms with Crippen molar-refractivity contribution >= 4 is 29.0 Å². The molecule has 1 saturated heterocycles. The van der Waals surface area contributed by atoms with Crippen LogP contribution in [0, 0.1) is 0 Å². The molecule has 4 rings (SSSR count). The molecule has 1 aliphatic rings. The minimum atomic E-state index is -0.0539. The van der Waals surface area contributed by atoms with E-state index >= 15 is 0 Å². The van der Waals surface area contributed by atoms with Gasteiger partial charge in [0.2, 0.25) is 5.91 Å². The minimum absolute atomic E-state index is 0.0539. The van der Waals surface area contributed by atoms with Crippen LogP contribution in [-0.2, 0) is 11.3 Å². The SMILES string of the molecule is CCn1c(SCC(=O)Nc2ccc(N3CCCCC3)cc2)nnc1-c1ccncc1. The molecule has 30 heavy (non-hydrogen) atoms. The number of anilines is 2. The third-order valence-corrected chi connectivity index (χ3v) is 6.14. The Morgan fingerprint density at radius 3 is 2.47 bits per heavy atom. The lowest BCUT2D eigenvalue weighted by atomic mass is 10.1. The number of nitrogens with one attached hydrogen (secondary N) is 1. The highest BCUT2D eigenvalue weighted by molar-refractivity contribution is 7.99. The topological polar surface area (TPSA) is 75.9 Å². The molecule has 1 fully saturated rings. The normalized spacial score (nSPS) is 14.0. The summed E-state index contributed by atoms with van der Waals surface area (Å²) >= 11 is 1.39. The van der Waals surface area contributed by atoms with Gasteiger partial charge in [0.25, 0.3) is 0 Å². The van der Waals surface area contributed by atoms with E-state index in [0.717, 1.165) is 41.9 Å². The van der Waals surface area contributed by atoms with Gasteiger partial charge < -0.3 is 14.8 Å². The van der Waals surface area contributed by atoms with Crippen LogP contribution in [0.2, 0.25) is 0 Å². The van der Waals surface area contributed by atoms with Crippen molar-refractivity contribution in [2.45, 2.75) is 37.9 Å². The van der Waals surface area contributed by atoms with Crippen molar-refractivity contribution in [2.75, 3.05) is 29.1 Å².